The van der Waals surface area contributed by atoms with Crippen LogP contribution in [0.4, 0.5) is 0 Å². The number of ether oxygens (including phenoxy) is 3. The van der Waals surface area contributed by atoms with E-state index < -0.39 is 57.8 Å². The number of allylic oxidation sites excluding steroid dienone is 10. The molecule has 12 heteroatoms. The lowest BCUT2D eigenvalue weighted by molar-refractivity contribution is -0.161. The van der Waals surface area contributed by atoms with E-state index in [-0.39, 0.29) is 25.9 Å². The van der Waals surface area contributed by atoms with E-state index in [2.05, 4.69) is 81.5 Å². The van der Waals surface area contributed by atoms with Crippen molar-refractivity contribution in [2.75, 3.05) is 26.4 Å². The molecule has 0 saturated heterocycles. The highest BCUT2D eigenvalue weighted by Gasteiger charge is 2.28. The Hall–Kier alpha value is -2.82. The fourth-order valence-electron chi connectivity index (χ4n) is 6.93. The van der Waals surface area contributed by atoms with Crippen molar-refractivity contribution in [3.05, 3.63) is 60.8 Å². The maximum absolute atomic E-state index is 12.8. The highest BCUT2D eigenvalue weighted by atomic mass is 31.2. The molecular weight excluding hydrogens is 856 g/mol. The van der Waals surface area contributed by atoms with Crippen LogP contribution in [0.3, 0.4) is 0 Å². The normalized spacial score (nSPS) is 14.0. The summed E-state index contributed by atoms with van der Waals surface area (Å²) in [7, 11) is -4.75. The Morgan fingerprint density at radius 3 is 1.27 bits per heavy atom. The lowest BCUT2D eigenvalue weighted by Crippen LogP contribution is -2.30. The Morgan fingerprint density at radius 1 is 0.439 bits per heavy atom. The molecule has 382 valence electrons. The Bertz CT molecular complexity index is 1340. The second kappa shape index (κ2) is 48.6. The van der Waals surface area contributed by atoms with Crippen LogP contribution in [0.25, 0.3) is 0 Å². The van der Waals surface area contributed by atoms with Crippen molar-refractivity contribution in [3.8, 4) is 0 Å². The number of carbonyl (C=O) groups is 3. The highest BCUT2D eigenvalue weighted by Crippen LogP contribution is 2.43. The van der Waals surface area contributed by atoms with Gasteiger partial charge in [-0.05, 0) is 83.5 Å². The molecule has 3 atom stereocenters. The van der Waals surface area contributed by atoms with Gasteiger partial charge in [0.2, 0.25) is 0 Å². The van der Waals surface area contributed by atoms with Crippen LogP contribution in [0.2, 0.25) is 0 Å². The third-order valence-electron chi connectivity index (χ3n) is 10.9. The van der Waals surface area contributed by atoms with E-state index in [1.54, 1.807) is 0 Å². The standard InChI is InChI=1S/C54H95O11P/c1-4-7-10-13-16-19-22-24-25-27-30-33-36-39-42-45-54(58)65-51(47-61-52(56)43-40-37-34-31-29-26-23-20-17-14-11-8-5-2)49-63-66(59,60)62-48-50(46-55)64-53(57)44-41-38-35-32-28-21-18-15-12-9-6-3/h7,10,16,19-20,23-25,30,33,50-51,55H,4-6,8-9,11-15,17-18,21-22,26-29,31-32,34-49H2,1-3H3,(H,59,60)/b10-7-,19-16-,23-20-,25-24-,33-30-. The van der Waals surface area contributed by atoms with E-state index in [1.807, 2.05) is 0 Å². The van der Waals surface area contributed by atoms with Gasteiger partial charge >= 0.3 is 25.7 Å². The first-order valence-electron chi connectivity index (χ1n) is 26.2. The van der Waals surface area contributed by atoms with Crippen molar-refractivity contribution < 1.29 is 52.2 Å². The summed E-state index contributed by atoms with van der Waals surface area (Å²) < 4.78 is 39.3. The third-order valence-corrected chi connectivity index (χ3v) is 11.9. The van der Waals surface area contributed by atoms with Crippen LogP contribution in [-0.4, -0.2) is 66.5 Å². The molecule has 0 amide bonds. The fourth-order valence-corrected chi connectivity index (χ4v) is 7.71. The van der Waals surface area contributed by atoms with Gasteiger partial charge in [-0.3, -0.25) is 23.4 Å². The number of aliphatic hydroxyl groups excluding tert-OH is 1. The summed E-state index contributed by atoms with van der Waals surface area (Å²) in [4.78, 5) is 48.3. The number of unbranched alkanes of at least 4 members (excludes halogenated alkanes) is 21. The summed E-state index contributed by atoms with van der Waals surface area (Å²) >= 11 is 0. The number of phosphoric acid groups is 1. The van der Waals surface area contributed by atoms with Gasteiger partial charge in [0.15, 0.2) is 6.10 Å². The Kier molecular flexibility index (Phi) is 46.6. The van der Waals surface area contributed by atoms with E-state index >= 15 is 0 Å². The van der Waals surface area contributed by atoms with Crippen LogP contribution >= 0.6 is 7.82 Å². The molecule has 66 heavy (non-hydrogen) atoms. The van der Waals surface area contributed by atoms with Crippen LogP contribution in [0.1, 0.15) is 226 Å². The summed E-state index contributed by atoms with van der Waals surface area (Å²) in [5, 5.41) is 9.76. The summed E-state index contributed by atoms with van der Waals surface area (Å²) in [5.41, 5.74) is 0. The van der Waals surface area contributed by atoms with Crippen molar-refractivity contribution in [2.24, 2.45) is 0 Å². The zero-order valence-corrected chi connectivity index (χ0v) is 42.8. The third kappa shape index (κ3) is 46.3. The monoisotopic (exact) mass is 951 g/mol. The molecule has 3 unspecified atom stereocenters. The number of hydrogen-bond donors (Lipinski definition) is 2. The minimum Gasteiger partial charge on any atom is -0.462 e. The van der Waals surface area contributed by atoms with E-state index in [0.717, 1.165) is 96.3 Å². The minimum absolute atomic E-state index is 0.114. The minimum atomic E-state index is -4.75. The molecule has 0 fully saturated rings. The van der Waals surface area contributed by atoms with Gasteiger partial charge in [0.05, 0.1) is 19.8 Å². The molecule has 0 bridgehead atoms. The average Bonchev–Trinajstić information content (AvgIpc) is 3.30. The smallest absolute Gasteiger partial charge is 0.462 e. The average molecular weight is 951 g/mol. The first-order valence-corrected chi connectivity index (χ1v) is 27.7. The van der Waals surface area contributed by atoms with Gasteiger partial charge in [-0.1, -0.05) is 184 Å². The molecular formula is C54H95O11P. The van der Waals surface area contributed by atoms with Crippen molar-refractivity contribution in [1.82, 2.24) is 0 Å². The fraction of sp³-hybridized carbons (Fsp3) is 0.759. The quantitative estimate of drug-likeness (QED) is 0.0197. The molecule has 11 nitrogen and oxygen atoms in total. The second-order valence-corrected chi connectivity index (χ2v) is 18.8. The van der Waals surface area contributed by atoms with Crippen molar-refractivity contribution in [3.63, 3.8) is 0 Å². The zero-order chi connectivity index (χ0) is 48.4. The maximum atomic E-state index is 12.8. The van der Waals surface area contributed by atoms with E-state index in [1.165, 1.54) is 70.6 Å². The van der Waals surface area contributed by atoms with Crippen molar-refractivity contribution in [2.45, 2.75) is 238 Å². The molecule has 0 radical (unpaired) electrons. The molecule has 0 saturated carbocycles. The topological polar surface area (TPSA) is 155 Å². The molecule has 0 aliphatic rings. The molecule has 2 N–H and O–H groups in total. The van der Waals surface area contributed by atoms with Crippen LogP contribution in [0, 0.1) is 0 Å². The SMILES string of the molecule is CC/C=C\C/C=C\C/C=C\C/C=C\CCCCC(=O)OC(COC(=O)CCCCCCC/C=C\CCCCCC)COP(=O)(O)OCC(CO)OC(=O)CCCCCCCCCCCCC. The summed E-state index contributed by atoms with van der Waals surface area (Å²) in [6.07, 6.45) is 50.5. The lowest BCUT2D eigenvalue weighted by atomic mass is 10.1. The molecule has 0 aromatic rings. The Morgan fingerprint density at radius 2 is 0.788 bits per heavy atom. The summed E-state index contributed by atoms with van der Waals surface area (Å²) in [6.45, 7) is 4.44. The molecule has 0 aliphatic carbocycles. The first-order chi connectivity index (χ1) is 32.2. The summed E-state index contributed by atoms with van der Waals surface area (Å²) in [5.74, 6) is -1.52. The van der Waals surface area contributed by atoms with Gasteiger partial charge in [-0.25, -0.2) is 4.57 Å². The highest BCUT2D eigenvalue weighted by molar-refractivity contribution is 7.47. The van der Waals surface area contributed by atoms with E-state index in [4.69, 9.17) is 23.3 Å². The molecule has 0 aromatic heterocycles. The predicted molar refractivity (Wildman–Crippen MR) is 270 cm³/mol. The number of carbonyl (C=O) groups excluding carboxylic acids is 3. The van der Waals surface area contributed by atoms with Crippen LogP contribution in [0.15, 0.2) is 60.8 Å². The van der Waals surface area contributed by atoms with Gasteiger partial charge in [0.1, 0.15) is 12.7 Å². The van der Waals surface area contributed by atoms with Gasteiger partial charge in [-0.2, -0.15) is 0 Å². The Balaban J connectivity index is 4.82. The molecule has 0 aliphatic heterocycles. The van der Waals surface area contributed by atoms with Crippen LogP contribution < -0.4 is 0 Å². The van der Waals surface area contributed by atoms with E-state index in [0.29, 0.717) is 19.3 Å². The van der Waals surface area contributed by atoms with Crippen LogP contribution in [0.5, 0.6) is 0 Å². The summed E-state index contributed by atoms with van der Waals surface area (Å²) in [6, 6.07) is 0. The van der Waals surface area contributed by atoms with Gasteiger partial charge in [0.25, 0.3) is 0 Å². The lowest BCUT2D eigenvalue weighted by Gasteiger charge is -2.21. The van der Waals surface area contributed by atoms with Crippen molar-refractivity contribution in [1.29, 1.82) is 0 Å². The van der Waals surface area contributed by atoms with Crippen molar-refractivity contribution >= 4 is 25.7 Å². The zero-order valence-electron chi connectivity index (χ0n) is 41.9. The first kappa shape index (κ1) is 63.2. The van der Waals surface area contributed by atoms with E-state index in [9.17, 15) is 28.9 Å². The van der Waals surface area contributed by atoms with Gasteiger partial charge in [-0.15, -0.1) is 0 Å². The number of esters is 3. The maximum Gasteiger partial charge on any atom is 0.472 e. The molecule has 0 aromatic carbocycles. The second-order valence-electron chi connectivity index (χ2n) is 17.3. The predicted octanol–water partition coefficient (Wildman–Crippen LogP) is 14.8. The van der Waals surface area contributed by atoms with Crippen LogP contribution in [-0.2, 0) is 42.2 Å². The molecule has 0 heterocycles. The van der Waals surface area contributed by atoms with Gasteiger partial charge in [0, 0.05) is 19.3 Å². The number of aliphatic hydroxyl groups is 1. The Labute approximate surface area is 402 Å². The largest absolute Gasteiger partial charge is 0.472 e. The number of phosphoric ester groups is 1. The molecule has 0 spiro atoms. The number of hydrogen-bond acceptors (Lipinski definition) is 10. The van der Waals surface area contributed by atoms with Gasteiger partial charge < -0.3 is 24.2 Å². The molecule has 0 rings (SSSR count). The number of rotatable bonds is 48.